The third-order valence-electron chi connectivity index (χ3n) is 2.89. The van der Waals surface area contributed by atoms with E-state index in [1.54, 1.807) is 43.5 Å². The molecule has 0 heterocycles. The second-order valence-electron chi connectivity index (χ2n) is 4.26. The second kappa shape index (κ2) is 6.49. The number of nitrogens with one attached hydrogen (secondary N) is 1. The fourth-order valence-corrected chi connectivity index (χ4v) is 2.37. The Morgan fingerprint density at radius 3 is 2.38 bits per heavy atom. The van der Waals surface area contributed by atoms with Crippen molar-refractivity contribution < 1.29 is 14.3 Å². The highest BCUT2D eigenvalue weighted by Gasteiger charge is 2.12. The van der Waals surface area contributed by atoms with E-state index >= 15 is 0 Å². The number of amides is 1. The standard InChI is InChI=1S/C15H15BrN2O3/c1-20-13-5-3-9(7-11(13)16)15(19)18-12-8-10(17)4-6-14(12)21-2/h3-8H,17H2,1-2H3,(H,18,19). The van der Waals surface area contributed by atoms with E-state index in [9.17, 15) is 4.79 Å². The van der Waals surface area contributed by atoms with Crippen molar-refractivity contribution in [1.29, 1.82) is 0 Å². The predicted octanol–water partition coefficient (Wildman–Crippen LogP) is 3.30. The van der Waals surface area contributed by atoms with Crippen LogP contribution in [0.5, 0.6) is 11.5 Å². The lowest BCUT2D eigenvalue weighted by molar-refractivity contribution is 0.102. The van der Waals surface area contributed by atoms with Gasteiger partial charge in [0, 0.05) is 11.3 Å². The molecule has 2 rings (SSSR count). The largest absolute Gasteiger partial charge is 0.496 e. The van der Waals surface area contributed by atoms with Crippen molar-refractivity contribution in [1.82, 2.24) is 0 Å². The molecule has 0 bridgehead atoms. The van der Waals surface area contributed by atoms with Crippen LogP contribution in [0.2, 0.25) is 0 Å². The zero-order chi connectivity index (χ0) is 15.4. The van der Waals surface area contributed by atoms with Crippen LogP contribution in [0.1, 0.15) is 10.4 Å². The highest BCUT2D eigenvalue weighted by Crippen LogP contribution is 2.29. The van der Waals surface area contributed by atoms with Gasteiger partial charge in [-0.15, -0.1) is 0 Å². The van der Waals surface area contributed by atoms with Crippen LogP contribution < -0.4 is 20.5 Å². The molecule has 0 unspecified atom stereocenters. The van der Waals surface area contributed by atoms with Gasteiger partial charge in [-0.05, 0) is 52.3 Å². The SMILES string of the molecule is COc1ccc(C(=O)Nc2cc(N)ccc2OC)cc1Br. The third-order valence-corrected chi connectivity index (χ3v) is 3.51. The number of benzene rings is 2. The molecule has 110 valence electrons. The third kappa shape index (κ3) is 3.46. The van der Waals surface area contributed by atoms with Crippen molar-refractivity contribution >= 4 is 33.2 Å². The minimum absolute atomic E-state index is 0.262. The number of nitrogens with two attached hydrogens (primary N) is 1. The summed E-state index contributed by atoms with van der Waals surface area (Å²) in [6, 6.07) is 10.1. The number of rotatable bonds is 4. The minimum Gasteiger partial charge on any atom is -0.496 e. The molecule has 0 aliphatic rings. The lowest BCUT2D eigenvalue weighted by atomic mass is 10.2. The Hall–Kier alpha value is -2.21. The molecule has 0 fully saturated rings. The van der Waals surface area contributed by atoms with Crippen molar-refractivity contribution in [2.75, 3.05) is 25.3 Å². The van der Waals surface area contributed by atoms with Crippen molar-refractivity contribution in [2.24, 2.45) is 0 Å². The predicted molar refractivity (Wildman–Crippen MR) is 86.1 cm³/mol. The van der Waals surface area contributed by atoms with Crippen molar-refractivity contribution in [3.63, 3.8) is 0 Å². The highest BCUT2D eigenvalue weighted by molar-refractivity contribution is 9.10. The number of nitrogen functional groups attached to an aromatic ring is 1. The van der Waals surface area contributed by atoms with E-state index in [2.05, 4.69) is 21.2 Å². The highest BCUT2D eigenvalue weighted by atomic mass is 79.9. The maximum atomic E-state index is 12.3. The van der Waals surface area contributed by atoms with Gasteiger partial charge in [-0.2, -0.15) is 0 Å². The van der Waals surface area contributed by atoms with Crippen LogP contribution in [0.15, 0.2) is 40.9 Å². The maximum Gasteiger partial charge on any atom is 0.255 e. The zero-order valence-corrected chi connectivity index (χ0v) is 13.2. The molecule has 0 radical (unpaired) electrons. The summed E-state index contributed by atoms with van der Waals surface area (Å²) in [5.74, 6) is 0.945. The number of carbonyl (C=O) groups is 1. The number of hydrogen-bond donors (Lipinski definition) is 2. The smallest absolute Gasteiger partial charge is 0.255 e. The van der Waals surface area contributed by atoms with Gasteiger partial charge in [-0.25, -0.2) is 0 Å². The average molecular weight is 351 g/mol. The van der Waals surface area contributed by atoms with E-state index in [-0.39, 0.29) is 5.91 Å². The summed E-state index contributed by atoms with van der Waals surface area (Å²) in [7, 11) is 3.10. The monoisotopic (exact) mass is 350 g/mol. The molecular formula is C15H15BrN2O3. The molecule has 0 aromatic heterocycles. The molecule has 0 saturated carbocycles. The van der Waals surface area contributed by atoms with Crippen LogP contribution >= 0.6 is 15.9 Å². The van der Waals surface area contributed by atoms with E-state index in [4.69, 9.17) is 15.2 Å². The van der Waals surface area contributed by atoms with Crippen LogP contribution in [0.3, 0.4) is 0 Å². The van der Waals surface area contributed by atoms with Crippen LogP contribution in [-0.2, 0) is 0 Å². The Morgan fingerprint density at radius 2 is 1.76 bits per heavy atom. The quantitative estimate of drug-likeness (QED) is 0.829. The van der Waals surface area contributed by atoms with Crippen molar-refractivity contribution in [2.45, 2.75) is 0 Å². The fourth-order valence-electron chi connectivity index (χ4n) is 1.83. The average Bonchev–Trinajstić information content (AvgIpc) is 2.47. The van der Waals surface area contributed by atoms with E-state index < -0.39 is 0 Å². The molecule has 3 N–H and O–H groups in total. The van der Waals surface area contributed by atoms with E-state index in [0.29, 0.717) is 32.9 Å². The number of ether oxygens (including phenoxy) is 2. The lowest BCUT2D eigenvalue weighted by Crippen LogP contribution is -2.13. The Morgan fingerprint density at radius 1 is 1.10 bits per heavy atom. The van der Waals surface area contributed by atoms with Gasteiger partial charge in [0.1, 0.15) is 11.5 Å². The van der Waals surface area contributed by atoms with E-state index in [0.717, 1.165) is 0 Å². The van der Waals surface area contributed by atoms with Gasteiger partial charge in [0.2, 0.25) is 0 Å². The lowest BCUT2D eigenvalue weighted by Gasteiger charge is -2.11. The fraction of sp³-hybridized carbons (Fsp3) is 0.133. The molecule has 0 aliphatic heterocycles. The molecule has 1 amide bonds. The first-order valence-electron chi connectivity index (χ1n) is 6.13. The first-order chi connectivity index (χ1) is 10.0. The summed E-state index contributed by atoms with van der Waals surface area (Å²) in [5, 5.41) is 2.78. The summed E-state index contributed by atoms with van der Waals surface area (Å²) in [5.41, 5.74) is 7.29. The Kier molecular flexibility index (Phi) is 4.70. The molecular weight excluding hydrogens is 336 g/mol. The number of hydrogen-bond acceptors (Lipinski definition) is 4. The van der Waals surface area contributed by atoms with Crippen LogP contribution in [0, 0.1) is 0 Å². The summed E-state index contributed by atoms with van der Waals surface area (Å²) >= 11 is 3.35. The van der Waals surface area contributed by atoms with Gasteiger partial charge in [-0.1, -0.05) is 0 Å². The molecule has 0 saturated heterocycles. The Bertz CT molecular complexity index is 674. The molecule has 2 aromatic rings. The molecule has 6 heteroatoms. The number of carbonyl (C=O) groups excluding carboxylic acids is 1. The molecule has 0 spiro atoms. The van der Waals surface area contributed by atoms with Gasteiger partial charge in [-0.3, -0.25) is 4.79 Å². The molecule has 21 heavy (non-hydrogen) atoms. The van der Waals surface area contributed by atoms with E-state index in [1.807, 2.05) is 0 Å². The van der Waals surface area contributed by atoms with Gasteiger partial charge < -0.3 is 20.5 Å². The minimum atomic E-state index is -0.262. The summed E-state index contributed by atoms with van der Waals surface area (Å²) in [6.45, 7) is 0. The van der Waals surface area contributed by atoms with Gasteiger partial charge >= 0.3 is 0 Å². The van der Waals surface area contributed by atoms with Crippen LogP contribution in [0.25, 0.3) is 0 Å². The Labute approximate surface area is 131 Å². The first kappa shape index (κ1) is 15.2. The zero-order valence-electron chi connectivity index (χ0n) is 11.6. The van der Waals surface area contributed by atoms with E-state index in [1.165, 1.54) is 7.11 Å². The second-order valence-corrected chi connectivity index (χ2v) is 5.12. The van der Waals surface area contributed by atoms with Gasteiger partial charge in [0.25, 0.3) is 5.91 Å². The van der Waals surface area contributed by atoms with Gasteiger partial charge in [0.15, 0.2) is 0 Å². The van der Waals surface area contributed by atoms with Gasteiger partial charge in [0.05, 0.1) is 24.4 Å². The first-order valence-corrected chi connectivity index (χ1v) is 6.93. The summed E-state index contributed by atoms with van der Waals surface area (Å²) in [4.78, 5) is 12.3. The number of anilines is 2. The normalized spacial score (nSPS) is 10.0. The molecule has 0 aliphatic carbocycles. The molecule has 2 aromatic carbocycles. The van der Waals surface area contributed by atoms with Crippen LogP contribution in [0.4, 0.5) is 11.4 Å². The maximum absolute atomic E-state index is 12.3. The summed E-state index contributed by atoms with van der Waals surface area (Å²) in [6.07, 6.45) is 0. The Balaban J connectivity index is 2.26. The number of halogens is 1. The molecule has 0 atom stereocenters. The summed E-state index contributed by atoms with van der Waals surface area (Å²) < 4.78 is 11.0. The van der Waals surface area contributed by atoms with Crippen molar-refractivity contribution in [3.05, 3.63) is 46.4 Å². The van der Waals surface area contributed by atoms with Crippen LogP contribution in [-0.4, -0.2) is 20.1 Å². The number of methoxy groups -OCH3 is 2. The topological polar surface area (TPSA) is 73.6 Å². The van der Waals surface area contributed by atoms with Crippen molar-refractivity contribution in [3.8, 4) is 11.5 Å². The molecule has 5 nitrogen and oxygen atoms in total.